The van der Waals surface area contributed by atoms with Gasteiger partial charge < -0.3 is 15.3 Å². The highest BCUT2D eigenvalue weighted by Gasteiger charge is 2.46. The van der Waals surface area contributed by atoms with E-state index in [1.54, 1.807) is 0 Å². The van der Waals surface area contributed by atoms with Crippen LogP contribution >= 0.6 is 0 Å². The monoisotopic (exact) mass is 308 g/mol. The van der Waals surface area contributed by atoms with Crippen molar-refractivity contribution >= 4 is 6.09 Å². The molecule has 0 spiro atoms. The first-order valence-electron chi connectivity index (χ1n) is 7.71. The third-order valence-corrected chi connectivity index (χ3v) is 4.25. The summed E-state index contributed by atoms with van der Waals surface area (Å²) < 4.78 is 15.0. The van der Waals surface area contributed by atoms with Crippen LogP contribution in [0.4, 0.5) is 9.18 Å². The number of carbonyl (C=O) groups is 1. The number of benzene rings is 1. The number of halogens is 1. The first kappa shape index (κ1) is 16.7. The zero-order valence-corrected chi connectivity index (χ0v) is 13.4. The number of rotatable bonds is 3. The summed E-state index contributed by atoms with van der Waals surface area (Å²) in [6.07, 6.45) is -1.76. The van der Waals surface area contributed by atoms with Crippen LogP contribution in [0.3, 0.4) is 0 Å². The molecular weight excluding hydrogens is 283 g/mol. The minimum atomic E-state index is -1.21. The molecule has 0 bridgehead atoms. The molecule has 1 aromatic carbocycles. The van der Waals surface area contributed by atoms with Crippen LogP contribution in [0.1, 0.15) is 32.8 Å². The van der Waals surface area contributed by atoms with E-state index >= 15 is 0 Å². The zero-order valence-electron chi connectivity index (χ0n) is 13.4. The minimum Gasteiger partial charge on any atom is -0.465 e. The Labute approximate surface area is 131 Å². The molecule has 3 atom stereocenters. The van der Waals surface area contributed by atoms with Gasteiger partial charge in [0.05, 0.1) is 6.04 Å². The molecule has 1 amide bonds. The minimum absolute atomic E-state index is 0.319. The molecule has 1 heterocycles. The van der Waals surface area contributed by atoms with Crippen LogP contribution in [0.25, 0.3) is 0 Å². The third-order valence-electron chi connectivity index (χ3n) is 4.25. The molecule has 1 aromatic rings. The predicted molar refractivity (Wildman–Crippen MR) is 84.6 cm³/mol. The van der Waals surface area contributed by atoms with Crippen LogP contribution in [0.5, 0.6) is 0 Å². The number of piperidine rings is 1. The van der Waals surface area contributed by atoms with Crippen molar-refractivity contribution in [2.45, 2.75) is 52.0 Å². The standard InChI is InChI=1S/C17H25FN2O2/c1-17(2,3)15-14(18)13(9-10-20(15)16(21)22)19-11-12-7-5-4-6-8-12/h4-8,13-15,19H,9-11H2,1-3H3,(H,21,22)/t13-,14+,15?/m1/s1. The summed E-state index contributed by atoms with van der Waals surface area (Å²) in [6, 6.07) is 8.89. The predicted octanol–water partition coefficient (Wildman–Crippen LogP) is 3.28. The van der Waals surface area contributed by atoms with E-state index < -0.39 is 23.7 Å². The van der Waals surface area contributed by atoms with E-state index in [-0.39, 0.29) is 6.04 Å². The largest absolute Gasteiger partial charge is 0.465 e. The Kier molecular flexibility index (Phi) is 5.06. The van der Waals surface area contributed by atoms with Crippen LogP contribution in [0.15, 0.2) is 30.3 Å². The van der Waals surface area contributed by atoms with Gasteiger partial charge in [-0.15, -0.1) is 0 Å². The van der Waals surface area contributed by atoms with Gasteiger partial charge in [-0.1, -0.05) is 51.1 Å². The number of hydrogen-bond donors (Lipinski definition) is 2. The first-order valence-corrected chi connectivity index (χ1v) is 7.71. The van der Waals surface area contributed by atoms with Gasteiger partial charge in [-0.2, -0.15) is 0 Å². The maximum atomic E-state index is 15.0. The first-order chi connectivity index (χ1) is 10.3. The number of nitrogens with one attached hydrogen (secondary N) is 1. The van der Waals surface area contributed by atoms with Gasteiger partial charge in [-0.3, -0.25) is 0 Å². The Morgan fingerprint density at radius 3 is 2.55 bits per heavy atom. The summed E-state index contributed by atoms with van der Waals surface area (Å²) in [5, 5.41) is 12.6. The Balaban J connectivity index is 2.07. The van der Waals surface area contributed by atoms with Gasteiger partial charge in [-0.05, 0) is 17.4 Å². The Morgan fingerprint density at radius 1 is 1.36 bits per heavy atom. The van der Waals surface area contributed by atoms with Crippen LogP contribution in [0.2, 0.25) is 0 Å². The van der Waals surface area contributed by atoms with Crippen molar-refractivity contribution in [2.24, 2.45) is 5.41 Å². The maximum Gasteiger partial charge on any atom is 0.407 e. The van der Waals surface area contributed by atoms with Gasteiger partial charge in [0, 0.05) is 19.1 Å². The molecule has 1 aliphatic rings. The van der Waals surface area contributed by atoms with E-state index in [1.807, 2.05) is 51.1 Å². The lowest BCUT2D eigenvalue weighted by atomic mass is 9.78. The molecule has 122 valence electrons. The molecule has 2 N–H and O–H groups in total. The fourth-order valence-corrected chi connectivity index (χ4v) is 3.19. The molecule has 0 aromatic heterocycles. The van der Waals surface area contributed by atoms with Crippen molar-refractivity contribution in [3.8, 4) is 0 Å². The normalized spacial score (nSPS) is 26.0. The van der Waals surface area contributed by atoms with Crippen molar-refractivity contribution in [3.05, 3.63) is 35.9 Å². The SMILES string of the molecule is CC(C)(C)C1[C@@H](F)[C@H](NCc2ccccc2)CCN1C(=O)O. The average Bonchev–Trinajstić information content (AvgIpc) is 2.45. The van der Waals surface area contributed by atoms with Gasteiger partial charge in [-0.25, -0.2) is 9.18 Å². The summed E-state index contributed by atoms with van der Waals surface area (Å²) in [6.45, 7) is 6.62. The molecule has 1 unspecified atom stereocenters. The van der Waals surface area contributed by atoms with E-state index in [1.165, 1.54) is 4.90 Å². The number of hydrogen-bond acceptors (Lipinski definition) is 2. The number of amides is 1. The molecule has 0 saturated carbocycles. The molecule has 0 radical (unpaired) electrons. The lowest BCUT2D eigenvalue weighted by molar-refractivity contribution is -0.00968. The second kappa shape index (κ2) is 6.65. The highest BCUT2D eigenvalue weighted by Crippen LogP contribution is 2.34. The smallest absolute Gasteiger partial charge is 0.407 e. The van der Waals surface area contributed by atoms with Gasteiger partial charge >= 0.3 is 6.09 Å². The van der Waals surface area contributed by atoms with E-state index in [4.69, 9.17) is 0 Å². The lowest BCUT2D eigenvalue weighted by Crippen LogP contribution is -2.62. The highest BCUT2D eigenvalue weighted by molar-refractivity contribution is 5.66. The van der Waals surface area contributed by atoms with Crippen LogP contribution in [-0.4, -0.2) is 40.9 Å². The fraction of sp³-hybridized carbons (Fsp3) is 0.588. The zero-order chi connectivity index (χ0) is 16.3. The Morgan fingerprint density at radius 2 is 2.00 bits per heavy atom. The van der Waals surface area contributed by atoms with Gasteiger partial charge in [0.25, 0.3) is 0 Å². The number of nitrogens with zero attached hydrogens (tertiary/aromatic N) is 1. The number of carboxylic acid groups (broad SMARTS) is 1. The molecular formula is C17H25FN2O2. The summed E-state index contributed by atoms with van der Waals surface area (Å²) >= 11 is 0. The highest BCUT2D eigenvalue weighted by atomic mass is 19.1. The molecule has 4 nitrogen and oxygen atoms in total. The van der Waals surface area contributed by atoms with E-state index in [2.05, 4.69) is 5.32 Å². The molecule has 1 saturated heterocycles. The van der Waals surface area contributed by atoms with Crippen molar-refractivity contribution in [2.75, 3.05) is 6.54 Å². The Hall–Kier alpha value is -1.62. The summed E-state index contributed by atoms with van der Waals surface area (Å²) in [7, 11) is 0. The van der Waals surface area contributed by atoms with Crippen LogP contribution in [-0.2, 0) is 6.54 Å². The van der Waals surface area contributed by atoms with E-state index in [0.717, 1.165) is 5.56 Å². The van der Waals surface area contributed by atoms with E-state index in [0.29, 0.717) is 19.5 Å². The molecule has 0 aliphatic carbocycles. The molecule has 2 rings (SSSR count). The quantitative estimate of drug-likeness (QED) is 0.901. The van der Waals surface area contributed by atoms with Crippen molar-refractivity contribution in [1.82, 2.24) is 10.2 Å². The molecule has 1 aliphatic heterocycles. The second-order valence-corrected chi connectivity index (χ2v) is 6.99. The third kappa shape index (κ3) is 3.77. The summed E-state index contributed by atoms with van der Waals surface area (Å²) in [5.74, 6) is 0. The maximum absolute atomic E-state index is 15.0. The molecule has 22 heavy (non-hydrogen) atoms. The second-order valence-electron chi connectivity index (χ2n) is 6.99. The molecule has 1 fully saturated rings. The topological polar surface area (TPSA) is 52.6 Å². The van der Waals surface area contributed by atoms with Crippen molar-refractivity contribution in [1.29, 1.82) is 0 Å². The average molecular weight is 308 g/mol. The number of alkyl halides is 1. The van der Waals surface area contributed by atoms with Gasteiger partial charge in [0.15, 0.2) is 0 Å². The van der Waals surface area contributed by atoms with Gasteiger partial charge in [0.1, 0.15) is 6.17 Å². The van der Waals surface area contributed by atoms with Gasteiger partial charge in [0.2, 0.25) is 0 Å². The summed E-state index contributed by atoms with van der Waals surface area (Å²) in [5.41, 5.74) is 0.660. The fourth-order valence-electron chi connectivity index (χ4n) is 3.19. The summed E-state index contributed by atoms with van der Waals surface area (Å²) in [4.78, 5) is 12.6. The van der Waals surface area contributed by atoms with Crippen LogP contribution < -0.4 is 5.32 Å². The van der Waals surface area contributed by atoms with Crippen molar-refractivity contribution < 1.29 is 14.3 Å². The molecule has 5 heteroatoms. The van der Waals surface area contributed by atoms with E-state index in [9.17, 15) is 14.3 Å². The Bertz CT molecular complexity index is 501. The lowest BCUT2D eigenvalue weighted by Gasteiger charge is -2.47. The van der Waals surface area contributed by atoms with Crippen LogP contribution in [0, 0.1) is 5.41 Å². The van der Waals surface area contributed by atoms with Crippen molar-refractivity contribution in [3.63, 3.8) is 0 Å². The number of likely N-dealkylation sites (tertiary alicyclic amines) is 1.